The predicted octanol–water partition coefficient (Wildman–Crippen LogP) is 1.81. The average Bonchev–Trinajstić information content (AvgIpc) is 3.19. The van der Waals surface area contributed by atoms with Gasteiger partial charge in [-0.3, -0.25) is 4.79 Å². The van der Waals surface area contributed by atoms with E-state index in [-0.39, 0.29) is 29.9 Å². The number of hydrogen-bond acceptors (Lipinski definition) is 4. The van der Waals surface area contributed by atoms with Crippen molar-refractivity contribution in [3.8, 4) is 0 Å². The van der Waals surface area contributed by atoms with Gasteiger partial charge < -0.3 is 15.5 Å². The lowest BCUT2D eigenvalue weighted by Gasteiger charge is -2.28. The molecule has 0 spiro atoms. The van der Waals surface area contributed by atoms with E-state index in [9.17, 15) is 15.0 Å². The minimum Gasteiger partial charge on any atom is -0.396 e. The number of nitrogens with one attached hydrogen (secondary N) is 1. The predicted molar refractivity (Wildman–Crippen MR) is 82.2 cm³/mol. The van der Waals surface area contributed by atoms with Crippen LogP contribution in [-0.4, -0.2) is 34.9 Å². The van der Waals surface area contributed by atoms with E-state index in [2.05, 4.69) is 11.4 Å². The van der Waals surface area contributed by atoms with E-state index in [0.717, 1.165) is 30.6 Å². The first kappa shape index (κ1) is 15.0. The summed E-state index contributed by atoms with van der Waals surface area (Å²) in [6.07, 6.45) is 4.74. The minimum absolute atomic E-state index is 0.0103. The Morgan fingerprint density at radius 2 is 2.14 bits per heavy atom. The maximum absolute atomic E-state index is 12.9. The molecule has 2 aliphatic rings. The van der Waals surface area contributed by atoms with Crippen molar-refractivity contribution >= 4 is 17.2 Å². The quantitative estimate of drug-likeness (QED) is 0.794. The average molecular weight is 309 g/mol. The van der Waals surface area contributed by atoms with Gasteiger partial charge in [0.15, 0.2) is 0 Å². The second-order valence-corrected chi connectivity index (χ2v) is 7.37. The summed E-state index contributed by atoms with van der Waals surface area (Å²) in [4.78, 5) is 14.0. The van der Waals surface area contributed by atoms with Crippen molar-refractivity contribution in [1.82, 2.24) is 5.32 Å². The number of rotatable bonds is 4. The molecular weight excluding hydrogens is 286 g/mol. The highest BCUT2D eigenvalue weighted by molar-refractivity contribution is 7.10. The fraction of sp³-hybridized carbons (Fsp3) is 0.688. The molecule has 0 saturated heterocycles. The van der Waals surface area contributed by atoms with E-state index < -0.39 is 6.10 Å². The van der Waals surface area contributed by atoms with E-state index in [4.69, 9.17) is 0 Å². The number of thiophene rings is 1. The molecule has 1 amide bonds. The SMILES string of the molecule is O=C(NC1CC(O)C(CO)C1)C1(c2cccs2)CCCC1. The summed E-state index contributed by atoms with van der Waals surface area (Å²) < 4.78 is 0. The Morgan fingerprint density at radius 3 is 2.71 bits per heavy atom. The van der Waals surface area contributed by atoms with Gasteiger partial charge in [0.25, 0.3) is 0 Å². The second-order valence-electron chi connectivity index (χ2n) is 6.42. The summed E-state index contributed by atoms with van der Waals surface area (Å²) in [5.74, 6) is 0.00908. The number of amides is 1. The molecule has 1 aromatic heterocycles. The Bertz CT molecular complexity index is 482. The molecule has 3 atom stereocenters. The van der Waals surface area contributed by atoms with Crippen molar-refractivity contribution < 1.29 is 15.0 Å². The van der Waals surface area contributed by atoms with Crippen molar-refractivity contribution in [2.75, 3.05) is 6.61 Å². The molecule has 2 fully saturated rings. The zero-order valence-corrected chi connectivity index (χ0v) is 12.9. The largest absolute Gasteiger partial charge is 0.396 e. The first-order valence-electron chi connectivity index (χ1n) is 7.79. The van der Waals surface area contributed by atoms with Gasteiger partial charge >= 0.3 is 0 Å². The molecule has 0 bridgehead atoms. The first-order valence-corrected chi connectivity index (χ1v) is 8.67. The lowest BCUT2D eigenvalue weighted by Crippen LogP contribution is -2.46. The maximum Gasteiger partial charge on any atom is 0.231 e. The minimum atomic E-state index is -0.499. The third kappa shape index (κ3) is 2.74. The van der Waals surface area contributed by atoms with E-state index in [0.29, 0.717) is 12.8 Å². The number of hydrogen-bond donors (Lipinski definition) is 3. The van der Waals surface area contributed by atoms with Crippen molar-refractivity contribution in [2.24, 2.45) is 5.92 Å². The lowest BCUT2D eigenvalue weighted by molar-refractivity contribution is -0.127. The molecule has 1 aromatic rings. The standard InChI is InChI=1S/C16H23NO3S/c18-10-11-8-12(9-13(11)19)17-15(20)16(5-1-2-6-16)14-4-3-7-21-14/h3-4,7,11-13,18-19H,1-2,5-6,8-10H2,(H,17,20). The Kier molecular flexibility index (Phi) is 4.33. The Balaban J connectivity index is 1.72. The second kappa shape index (κ2) is 6.07. The van der Waals surface area contributed by atoms with Crippen molar-refractivity contribution in [3.63, 3.8) is 0 Å². The summed E-state index contributed by atoms with van der Waals surface area (Å²) in [5, 5.41) is 24.3. The third-order valence-corrected chi connectivity index (χ3v) is 6.19. The monoisotopic (exact) mass is 309 g/mol. The summed E-state index contributed by atoms with van der Waals surface area (Å²) in [6, 6.07) is 4.06. The van der Waals surface area contributed by atoms with E-state index >= 15 is 0 Å². The van der Waals surface area contributed by atoms with Gasteiger partial charge in [0.05, 0.1) is 11.5 Å². The van der Waals surface area contributed by atoms with Crippen LogP contribution in [0.1, 0.15) is 43.4 Å². The van der Waals surface area contributed by atoms with Gasteiger partial charge in [0.1, 0.15) is 0 Å². The summed E-state index contributed by atoms with van der Waals surface area (Å²) >= 11 is 1.66. The lowest BCUT2D eigenvalue weighted by atomic mass is 9.83. The molecule has 116 valence electrons. The van der Waals surface area contributed by atoms with Crippen LogP contribution in [0.3, 0.4) is 0 Å². The molecule has 4 nitrogen and oxygen atoms in total. The highest BCUT2D eigenvalue weighted by Crippen LogP contribution is 2.43. The number of aliphatic hydroxyl groups is 2. The fourth-order valence-electron chi connectivity index (χ4n) is 3.86. The van der Waals surface area contributed by atoms with Crippen molar-refractivity contribution in [3.05, 3.63) is 22.4 Å². The van der Waals surface area contributed by atoms with Crippen LogP contribution in [0.5, 0.6) is 0 Å². The number of aliphatic hydroxyl groups excluding tert-OH is 2. The Labute approximate surface area is 129 Å². The van der Waals surface area contributed by atoms with Crippen LogP contribution in [0.25, 0.3) is 0 Å². The molecule has 0 radical (unpaired) electrons. The van der Waals surface area contributed by atoms with Gasteiger partial charge in [0.2, 0.25) is 5.91 Å². The van der Waals surface area contributed by atoms with E-state index in [1.807, 2.05) is 11.4 Å². The smallest absolute Gasteiger partial charge is 0.231 e. The van der Waals surface area contributed by atoms with Crippen LogP contribution < -0.4 is 5.32 Å². The Hall–Kier alpha value is -0.910. The molecule has 3 rings (SSSR count). The van der Waals surface area contributed by atoms with Crippen molar-refractivity contribution in [1.29, 1.82) is 0 Å². The van der Waals surface area contributed by atoms with Crippen LogP contribution in [0.4, 0.5) is 0 Å². The highest BCUT2D eigenvalue weighted by Gasteiger charge is 2.45. The molecule has 3 N–H and O–H groups in total. The highest BCUT2D eigenvalue weighted by atomic mass is 32.1. The van der Waals surface area contributed by atoms with Crippen LogP contribution in [0.15, 0.2) is 17.5 Å². The zero-order valence-electron chi connectivity index (χ0n) is 12.1. The third-order valence-electron chi connectivity index (χ3n) is 5.11. The van der Waals surface area contributed by atoms with Crippen LogP contribution in [0.2, 0.25) is 0 Å². The summed E-state index contributed by atoms with van der Waals surface area (Å²) in [5.41, 5.74) is -0.365. The van der Waals surface area contributed by atoms with Gasteiger partial charge in [-0.05, 0) is 37.1 Å². The molecule has 2 aliphatic carbocycles. The van der Waals surface area contributed by atoms with E-state index in [1.54, 1.807) is 11.3 Å². The zero-order chi connectivity index (χ0) is 14.9. The van der Waals surface area contributed by atoms with Crippen LogP contribution in [-0.2, 0) is 10.2 Å². The van der Waals surface area contributed by atoms with Gasteiger partial charge in [-0.2, -0.15) is 0 Å². The van der Waals surface area contributed by atoms with E-state index in [1.165, 1.54) is 0 Å². The van der Waals surface area contributed by atoms with Gasteiger partial charge in [-0.15, -0.1) is 11.3 Å². The molecule has 21 heavy (non-hydrogen) atoms. The maximum atomic E-state index is 12.9. The summed E-state index contributed by atoms with van der Waals surface area (Å²) in [7, 11) is 0. The molecule has 0 aliphatic heterocycles. The van der Waals surface area contributed by atoms with Crippen molar-refractivity contribution in [2.45, 2.75) is 56.1 Å². The van der Waals surface area contributed by atoms with Gasteiger partial charge in [0, 0.05) is 23.4 Å². The van der Waals surface area contributed by atoms with Crippen LogP contribution in [0, 0.1) is 5.92 Å². The molecule has 2 saturated carbocycles. The Morgan fingerprint density at radius 1 is 1.38 bits per heavy atom. The molecular formula is C16H23NO3S. The first-order chi connectivity index (χ1) is 10.2. The van der Waals surface area contributed by atoms with Gasteiger partial charge in [-0.25, -0.2) is 0 Å². The fourth-order valence-corrected chi connectivity index (χ4v) is 4.84. The summed E-state index contributed by atoms with van der Waals surface area (Å²) in [6.45, 7) is -0.0103. The molecule has 0 aromatic carbocycles. The molecule has 3 unspecified atom stereocenters. The normalized spacial score (nSPS) is 31.4. The number of carbonyl (C=O) groups excluding carboxylic acids is 1. The van der Waals surface area contributed by atoms with Gasteiger partial charge in [-0.1, -0.05) is 18.9 Å². The topological polar surface area (TPSA) is 69.6 Å². The van der Waals surface area contributed by atoms with Crippen LogP contribution >= 0.6 is 11.3 Å². The molecule has 5 heteroatoms. The number of carbonyl (C=O) groups is 1. The molecule has 1 heterocycles.